The molecular formula is C9H12NO2+. The number of hydrogen-bond donors (Lipinski definition) is 2. The molecule has 2 rings (SSSR count). The fourth-order valence-corrected chi connectivity index (χ4v) is 1.83. The maximum atomic E-state index is 9.48. The second-order valence-electron chi connectivity index (χ2n) is 3.26. The van der Waals surface area contributed by atoms with Gasteiger partial charge >= 0.3 is 5.90 Å². The summed E-state index contributed by atoms with van der Waals surface area (Å²) in [6.07, 6.45) is 6.72. The number of hydroxylamine groups is 1. The minimum absolute atomic E-state index is 0.00926. The smallest absolute Gasteiger partial charge is 0.390 e. The first-order chi connectivity index (χ1) is 5.72. The lowest BCUT2D eigenvalue weighted by molar-refractivity contribution is -0.791. The summed E-state index contributed by atoms with van der Waals surface area (Å²) in [6.45, 7) is 1.88. The molecule has 64 valence electrons. The van der Waals surface area contributed by atoms with E-state index in [4.69, 9.17) is 0 Å². The topological polar surface area (TPSA) is 43.5 Å². The summed E-state index contributed by atoms with van der Waals surface area (Å²) in [4.78, 5) is 0. The predicted molar refractivity (Wildman–Crippen MR) is 44.5 cm³/mol. The van der Waals surface area contributed by atoms with Crippen LogP contribution in [0.4, 0.5) is 0 Å². The maximum Gasteiger partial charge on any atom is 0.390 e. The van der Waals surface area contributed by atoms with Crippen LogP contribution in [0.15, 0.2) is 23.8 Å². The van der Waals surface area contributed by atoms with Gasteiger partial charge in [0.25, 0.3) is 0 Å². The summed E-state index contributed by atoms with van der Waals surface area (Å²) >= 11 is 0. The van der Waals surface area contributed by atoms with Gasteiger partial charge in [0.2, 0.25) is 6.04 Å². The third kappa shape index (κ3) is 0.793. The summed E-state index contributed by atoms with van der Waals surface area (Å²) in [5.41, 5.74) is 1.09. The first kappa shape index (κ1) is 7.40. The van der Waals surface area contributed by atoms with Crippen LogP contribution >= 0.6 is 0 Å². The number of nitrogens with zero attached hydrogens (tertiary/aromatic N) is 1. The lowest BCUT2D eigenvalue weighted by Crippen LogP contribution is -2.18. The standard InChI is InChI=1S/C9H11NO2/c1-6-7-4-2-3-5-8(7)9(11)10(6)12/h2-4,6,8,12H,5H2,1H3/p+1. The van der Waals surface area contributed by atoms with Crippen LogP contribution in [0.3, 0.4) is 0 Å². The van der Waals surface area contributed by atoms with E-state index in [-0.39, 0.29) is 17.9 Å². The largest absolute Gasteiger partial charge is 0.460 e. The van der Waals surface area contributed by atoms with E-state index in [1.54, 1.807) is 0 Å². The monoisotopic (exact) mass is 166 g/mol. The van der Waals surface area contributed by atoms with E-state index < -0.39 is 0 Å². The van der Waals surface area contributed by atoms with Gasteiger partial charge in [-0.3, -0.25) is 5.21 Å². The van der Waals surface area contributed by atoms with Gasteiger partial charge in [0.1, 0.15) is 5.92 Å². The summed E-state index contributed by atoms with van der Waals surface area (Å²) in [5, 5.41) is 18.9. The Balaban J connectivity index is 2.42. The fourth-order valence-electron chi connectivity index (χ4n) is 1.83. The van der Waals surface area contributed by atoms with Crippen molar-refractivity contribution in [1.82, 2.24) is 0 Å². The van der Waals surface area contributed by atoms with Gasteiger partial charge in [-0.25, -0.2) is 0 Å². The van der Waals surface area contributed by atoms with Crippen molar-refractivity contribution in [2.75, 3.05) is 0 Å². The number of rotatable bonds is 0. The molecule has 1 heterocycles. The van der Waals surface area contributed by atoms with Crippen molar-refractivity contribution in [3.63, 3.8) is 0 Å². The molecule has 3 heteroatoms. The van der Waals surface area contributed by atoms with Gasteiger partial charge in [0, 0.05) is 17.2 Å². The molecule has 2 N–H and O–H groups in total. The highest BCUT2D eigenvalue weighted by atomic mass is 16.5. The van der Waals surface area contributed by atoms with Crippen LogP contribution in [0.5, 0.6) is 0 Å². The summed E-state index contributed by atoms with van der Waals surface area (Å²) in [6, 6.07) is -0.0834. The Morgan fingerprint density at radius 1 is 1.58 bits per heavy atom. The number of hydrogen-bond acceptors (Lipinski definition) is 1. The summed E-state index contributed by atoms with van der Waals surface area (Å²) < 4.78 is 0.948. The van der Waals surface area contributed by atoms with Gasteiger partial charge < -0.3 is 5.11 Å². The lowest BCUT2D eigenvalue weighted by Gasteiger charge is -2.08. The van der Waals surface area contributed by atoms with Crippen molar-refractivity contribution in [2.24, 2.45) is 5.92 Å². The van der Waals surface area contributed by atoms with Crippen molar-refractivity contribution >= 4 is 5.90 Å². The molecule has 0 aromatic heterocycles. The minimum Gasteiger partial charge on any atom is -0.460 e. The highest BCUT2D eigenvalue weighted by molar-refractivity contribution is 5.78. The predicted octanol–water partition coefficient (Wildman–Crippen LogP) is 1.25. The van der Waals surface area contributed by atoms with E-state index in [2.05, 4.69) is 0 Å². The minimum atomic E-state index is -0.0834. The normalized spacial score (nSPS) is 33.6. The van der Waals surface area contributed by atoms with E-state index in [1.807, 2.05) is 25.2 Å². The molecule has 0 bridgehead atoms. The van der Waals surface area contributed by atoms with Crippen molar-refractivity contribution < 1.29 is 15.1 Å². The third-order valence-electron chi connectivity index (χ3n) is 2.59. The molecule has 0 radical (unpaired) electrons. The molecule has 0 saturated carbocycles. The van der Waals surface area contributed by atoms with Crippen LogP contribution in [-0.4, -0.2) is 27.0 Å². The zero-order valence-electron chi connectivity index (χ0n) is 6.94. The van der Waals surface area contributed by atoms with Crippen molar-refractivity contribution in [3.05, 3.63) is 23.8 Å². The molecule has 3 nitrogen and oxygen atoms in total. The Morgan fingerprint density at radius 2 is 2.33 bits per heavy atom. The Kier molecular flexibility index (Phi) is 1.46. The van der Waals surface area contributed by atoms with Crippen LogP contribution in [-0.2, 0) is 0 Å². The molecule has 2 unspecified atom stereocenters. The van der Waals surface area contributed by atoms with Crippen LogP contribution < -0.4 is 0 Å². The molecule has 0 saturated heterocycles. The first-order valence-corrected chi connectivity index (χ1v) is 4.12. The van der Waals surface area contributed by atoms with E-state index in [9.17, 15) is 10.3 Å². The van der Waals surface area contributed by atoms with Gasteiger partial charge in [-0.15, -0.1) is 0 Å². The fraction of sp³-hybridized carbons (Fsp3) is 0.444. The Bertz CT molecular complexity index is 302. The quantitative estimate of drug-likeness (QED) is 0.420. The number of allylic oxidation sites excluding steroid dienone is 3. The Morgan fingerprint density at radius 3 is 3.00 bits per heavy atom. The molecule has 1 aliphatic carbocycles. The second kappa shape index (κ2) is 2.37. The van der Waals surface area contributed by atoms with Gasteiger partial charge in [-0.05, 0) is 6.42 Å². The zero-order chi connectivity index (χ0) is 8.72. The molecule has 0 aromatic carbocycles. The third-order valence-corrected chi connectivity index (χ3v) is 2.59. The Labute approximate surface area is 70.9 Å². The Hall–Kier alpha value is -1.25. The zero-order valence-corrected chi connectivity index (χ0v) is 6.94. The summed E-state index contributed by atoms with van der Waals surface area (Å²) in [7, 11) is 0. The van der Waals surface area contributed by atoms with Gasteiger partial charge in [-0.1, -0.05) is 18.2 Å². The number of aliphatic hydroxyl groups excluding tert-OH is 1. The molecule has 2 atom stereocenters. The lowest BCUT2D eigenvalue weighted by atomic mass is 9.90. The number of fused-ring (bicyclic) bond motifs is 1. The molecule has 2 aliphatic rings. The maximum absolute atomic E-state index is 9.48. The molecule has 0 amide bonds. The van der Waals surface area contributed by atoms with Crippen LogP contribution in [0, 0.1) is 5.92 Å². The van der Waals surface area contributed by atoms with Crippen molar-refractivity contribution in [2.45, 2.75) is 19.4 Å². The molecule has 12 heavy (non-hydrogen) atoms. The summed E-state index contributed by atoms with van der Waals surface area (Å²) in [5.74, 6) is 0.0908. The molecule has 0 fully saturated rings. The van der Waals surface area contributed by atoms with E-state index >= 15 is 0 Å². The SMILES string of the molecule is CC1C2=CC=CCC2C(O)=[N+]1O. The highest BCUT2D eigenvalue weighted by Gasteiger charge is 2.44. The van der Waals surface area contributed by atoms with Crippen LogP contribution in [0.25, 0.3) is 0 Å². The van der Waals surface area contributed by atoms with Gasteiger partial charge in [-0.2, -0.15) is 0 Å². The number of aliphatic hydroxyl groups is 1. The van der Waals surface area contributed by atoms with Gasteiger partial charge in [0.05, 0.1) is 0 Å². The van der Waals surface area contributed by atoms with Crippen molar-refractivity contribution in [3.8, 4) is 0 Å². The average Bonchev–Trinajstić information content (AvgIpc) is 2.33. The molecule has 0 aromatic rings. The average molecular weight is 166 g/mol. The van der Waals surface area contributed by atoms with Crippen molar-refractivity contribution in [1.29, 1.82) is 0 Å². The highest BCUT2D eigenvalue weighted by Crippen LogP contribution is 2.30. The van der Waals surface area contributed by atoms with Crippen LogP contribution in [0.2, 0.25) is 0 Å². The van der Waals surface area contributed by atoms with Crippen LogP contribution in [0.1, 0.15) is 13.3 Å². The van der Waals surface area contributed by atoms with E-state index in [0.717, 1.165) is 16.7 Å². The molecule has 1 aliphatic heterocycles. The first-order valence-electron chi connectivity index (χ1n) is 4.12. The molecule has 0 spiro atoms. The van der Waals surface area contributed by atoms with E-state index in [1.165, 1.54) is 0 Å². The van der Waals surface area contributed by atoms with Gasteiger partial charge in [0.15, 0.2) is 0 Å². The van der Waals surface area contributed by atoms with E-state index in [0.29, 0.717) is 0 Å². The second-order valence-corrected chi connectivity index (χ2v) is 3.26. The molecular weight excluding hydrogens is 154 g/mol.